The average molecular weight is 391 g/mol. The van der Waals surface area contributed by atoms with Gasteiger partial charge in [-0.25, -0.2) is 0 Å². The predicted molar refractivity (Wildman–Crippen MR) is 118 cm³/mol. The van der Waals surface area contributed by atoms with E-state index in [1.54, 1.807) is 0 Å². The molecular weight excluding hydrogens is 348 g/mol. The lowest BCUT2D eigenvalue weighted by molar-refractivity contribution is -0.123. The third kappa shape index (κ3) is 11.5. The van der Waals surface area contributed by atoms with Crippen LogP contribution in [-0.4, -0.2) is 35.2 Å². The van der Waals surface area contributed by atoms with Crippen LogP contribution >= 0.6 is 0 Å². The fraction of sp³-hybridized carbons (Fsp3) is 0.708. The number of carbonyl (C=O) groups excluding carboxylic acids is 1. The van der Waals surface area contributed by atoms with Crippen molar-refractivity contribution in [2.45, 2.75) is 97.2 Å². The molecule has 0 aromatic heterocycles. The Morgan fingerprint density at radius 1 is 0.964 bits per heavy atom. The summed E-state index contributed by atoms with van der Waals surface area (Å²) in [4.78, 5) is 14.5. The molecule has 1 atom stereocenters. The fourth-order valence-electron chi connectivity index (χ4n) is 3.60. The number of aliphatic hydroxyl groups is 1. The molecule has 0 aliphatic heterocycles. The van der Waals surface area contributed by atoms with Crippen LogP contribution < -0.4 is 5.32 Å². The Kier molecular flexibility index (Phi) is 14.6. The summed E-state index contributed by atoms with van der Waals surface area (Å²) in [7, 11) is 0. The smallest absolute Gasteiger partial charge is 0.221 e. The van der Waals surface area contributed by atoms with Crippen LogP contribution in [0.4, 0.5) is 0 Å². The molecule has 0 bridgehead atoms. The normalized spacial score (nSPS) is 12.3. The van der Waals surface area contributed by atoms with Crippen molar-refractivity contribution in [3.63, 3.8) is 0 Å². The van der Waals surface area contributed by atoms with Crippen LogP contribution in [0.3, 0.4) is 0 Å². The highest BCUT2D eigenvalue weighted by atomic mass is 16.3. The summed E-state index contributed by atoms with van der Waals surface area (Å²) in [6, 6.07) is 10.2. The number of unbranched alkanes of at least 4 members (excludes halogenated alkanes) is 8. The van der Waals surface area contributed by atoms with Crippen molar-refractivity contribution in [1.82, 2.24) is 10.2 Å². The number of aliphatic hydroxyl groups excluding tert-OH is 1. The monoisotopic (exact) mass is 390 g/mol. The van der Waals surface area contributed by atoms with Crippen LogP contribution in [0.5, 0.6) is 0 Å². The molecule has 0 heterocycles. The van der Waals surface area contributed by atoms with Crippen LogP contribution in [0.1, 0.15) is 90.0 Å². The summed E-state index contributed by atoms with van der Waals surface area (Å²) in [5.41, 5.74) is 1.20. The van der Waals surface area contributed by atoms with E-state index in [9.17, 15) is 9.90 Å². The quantitative estimate of drug-likeness (QED) is 0.282. The van der Waals surface area contributed by atoms with Gasteiger partial charge in [-0.1, -0.05) is 95.5 Å². The average Bonchev–Trinajstić information content (AvgIpc) is 2.71. The van der Waals surface area contributed by atoms with E-state index in [2.05, 4.69) is 36.2 Å². The SMILES string of the molecule is CCCCCCCCCCCC(=O)NC(CC)N(CCO)Cc1ccccc1. The van der Waals surface area contributed by atoms with E-state index in [0.717, 1.165) is 25.8 Å². The van der Waals surface area contributed by atoms with E-state index in [1.807, 2.05) is 18.2 Å². The Morgan fingerprint density at radius 2 is 1.57 bits per heavy atom. The molecule has 0 saturated heterocycles. The highest BCUT2D eigenvalue weighted by Gasteiger charge is 2.18. The molecule has 0 saturated carbocycles. The first-order valence-corrected chi connectivity index (χ1v) is 11.4. The van der Waals surface area contributed by atoms with Crippen molar-refractivity contribution in [3.8, 4) is 0 Å². The molecular formula is C24H42N2O2. The number of hydrogen-bond acceptors (Lipinski definition) is 3. The second-order valence-electron chi connectivity index (χ2n) is 7.75. The first-order chi connectivity index (χ1) is 13.7. The molecule has 0 aliphatic carbocycles. The van der Waals surface area contributed by atoms with Crippen LogP contribution in [0.15, 0.2) is 30.3 Å². The van der Waals surface area contributed by atoms with E-state index >= 15 is 0 Å². The van der Waals surface area contributed by atoms with Crippen LogP contribution in [0, 0.1) is 0 Å². The second kappa shape index (κ2) is 16.6. The lowest BCUT2D eigenvalue weighted by Gasteiger charge is -2.31. The van der Waals surface area contributed by atoms with Gasteiger partial charge in [0.1, 0.15) is 0 Å². The van der Waals surface area contributed by atoms with Crippen molar-refractivity contribution in [3.05, 3.63) is 35.9 Å². The van der Waals surface area contributed by atoms with E-state index in [4.69, 9.17) is 0 Å². The van der Waals surface area contributed by atoms with Gasteiger partial charge in [-0.15, -0.1) is 0 Å². The lowest BCUT2D eigenvalue weighted by Crippen LogP contribution is -2.48. The number of hydrogen-bond donors (Lipinski definition) is 2. The molecule has 0 fully saturated rings. The summed E-state index contributed by atoms with van der Waals surface area (Å²) in [5, 5.41) is 12.6. The molecule has 2 N–H and O–H groups in total. The Hall–Kier alpha value is -1.39. The zero-order valence-electron chi connectivity index (χ0n) is 18.2. The minimum atomic E-state index is -0.0292. The van der Waals surface area contributed by atoms with E-state index < -0.39 is 0 Å². The Balaban J connectivity index is 2.28. The topological polar surface area (TPSA) is 52.6 Å². The van der Waals surface area contributed by atoms with Gasteiger partial charge in [0, 0.05) is 19.5 Å². The molecule has 0 radical (unpaired) electrons. The highest BCUT2D eigenvalue weighted by Crippen LogP contribution is 2.12. The summed E-state index contributed by atoms with van der Waals surface area (Å²) in [5.74, 6) is 0.130. The minimum absolute atomic E-state index is 0.0292. The van der Waals surface area contributed by atoms with E-state index in [-0.39, 0.29) is 18.7 Å². The van der Waals surface area contributed by atoms with Gasteiger partial charge >= 0.3 is 0 Å². The number of benzene rings is 1. The molecule has 0 spiro atoms. The second-order valence-corrected chi connectivity index (χ2v) is 7.75. The Morgan fingerprint density at radius 3 is 2.14 bits per heavy atom. The predicted octanol–water partition coefficient (Wildman–Crippen LogP) is 5.25. The number of rotatable bonds is 17. The molecule has 1 amide bonds. The molecule has 4 nitrogen and oxygen atoms in total. The molecule has 1 rings (SSSR count). The van der Waals surface area contributed by atoms with Gasteiger partial charge in [-0.05, 0) is 18.4 Å². The zero-order valence-corrected chi connectivity index (χ0v) is 18.2. The Bertz CT molecular complexity index is 493. The van der Waals surface area contributed by atoms with E-state index in [0.29, 0.717) is 13.0 Å². The van der Waals surface area contributed by atoms with Gasteiger partial charge in [0.25, 0.3) is 0 Å². The highest BCUT2D eigenvalue weighted by molar-refractivity contribution is 5.76. The zero-order chi connectivity index (χ0) is 20.5. The number of amides is 1. The third-order valence-corrected chi connectivity index (χ3v) is 5.28. The van der Waals surface area contributed by atoms with Gasteiger partial charge in [-0.3, -0.25) is 9.69 Å². The van der Waals surface area contributed by atoms with Gasteiger partial charge in [0.15, 0.2) is 0 Å². The van der Waals surface area contributed by atoms with Gasteiger partial charge < -0.3 is 10.4 Å². The van der Waals surface area contributed by atoms with Crippen molar-refractivity contribution < 1.29 is 9.90 Å². The largest absolute Gasteiger partial charge is 0.395 e. The number of nitrogens with zero attached hydrogens (tertiary/aromatic N) is 1. The van der Waals surface area contributed by atoms with Crippen LogP contribution in [0.25, 0.3) is 0 Å². The van der Waals surface area contributed by atoms with Crippen molar-refractivity contribution >= 4 is 5.91 Å². The maximum Gasteiger partial charge on any atom is 0.221 e. The molecule has 4 heteroatoms. The first-order valence-electron chi connectivity index (χ1n) is 11.4. The van der Waals surface area contributed by atoms with Crippen molar-refractivity contribution in [2.24, 2.45) is 0 Å². The molecule has 1 aromatic rings. The van der Waals surface area contributed by atoms with Crippen molar-refractivity contribution in [2.75, 3.05) is 13.2 Å². The van der Waals surface area contributed by atoms with Crippen LogP contribution in [-0.2, 0) is 11.3 Å². The Labute approximate surface area is 172 Å². The third-order valence-electron chi connectivity index (χ3n) is 5.28. The summed E-state index contributed by atoms with van der Waals surface area (Å²) in [6.45, 7) is 5.72. The minimum Gasteiger partial charge on any atom is -0.395 e. The van der Waals surface area contributed by atoms with Gasteiger partial charge in [-0.2, -0.15) is 0 Å². The maximum absolute atomic E-state index is 12.4. The number of carbonyl (C=O) groups is 1. The molecule has 28 heavy (non-hydrogen) atoms. The molecule has 1 aromatic carbocycles. The summed E-state index contributed by atoms with van der Waals surface area (Å²) >= 11 is 0. The maximum atomic E-state index is 12.4. The first kappa shape index (κ1) is 24.6. The molecule has 1 unspecified atom stereocenters. The number of nitrogens with one attached hydrogen (secondary N) is 1. The van der Waals surface area contributed by atoms with E-state index in [1.165, 1.54) is 50.5 Å². The fourth-order valence-corrected chi connectivity index (χ4v) is 3.60. The van der Waals surface area contributed by atoms with Gasteiger partial charge in [0.2, 0.25) is 5.91 Å². The summed E-state index contributed by atoms with van der Waals surface area (Å²) in [6.07, 6.45) is 12.8. The molecule has 160 valence electrons. The van der Waals surface area contributed by atoms with Crippen LogP contribution in [0.2, 0.25) is 0 Å². The van der Waals surface area contributed by atoms with Gasteiger partial charge in [0.05, 0.1) is 12.8 Å². The summed E-state index contributed by atoms with van der Waals surface area (Å²) < 4.78 is 0. The standard InChI is InChI=1S/C24H42N2O2/c1-3-5-6-7-8-9-10-11-15-18-24(28)25-23(4-2)26(19-20-27)21-22-16-13-12-14-17-22/h12-14,16-17,23,27H,3-11,15,18-21H2,1-2H3,(H,25,28). The lowest BCUT2D eigenvalue weighted by atomic mass is 10.1. The molecule has 0 aliphatic rings. The van der Waals surface area contributed by atoms with Crippen molar-refractivity contribution in [1.29, 1.82) is 0 Å².